The van der Waals surface area contributed by atoms with E-state index in [2.05, 4.69) is 5.32 Å². The first kappa shape index (κ1) is 17.1. The van der Waals surface area contributed by atoms with Crippen LogP contribution in [0.5, 0.6) is 5.75 Å². The lowest BCUT2D eigenvalue weighted by atomic mass is 9.97. The number of benzene rings is 1. The number of hydrogen-bond donors (Lipinski definition) is 1. The fourth-order valence-electron chi connectivity index (χ4n) is 2.71. The number of carbonyl (C=O) groups excluding carboxylic acids is 1. The molecular formula is C19H24N2O2. The number of nitrogens with one attached hydrogen (secondary N) is 1. The van der Waals surface area contributed by atoms with Crippen LogP contribution in [-0.2, 0) is 4.79 Å². The zero-order valence-electron chi connectivity index (χ0n) is 13.7. The maximum atomic E-state index is 12.0. The number of ether oxygens (including phenoxy) is 1. The lowest BCUT2D eigenvalue weighted by molar-refractivity contribution is -0.117. The van der Waals surface area contributed by atoms with E-state index in [0.717, 1.165) is 30.6 Å². The lowest BCUT2D eigenvalue weighted by Crippen LogP contribution is -2.25. The van der Waals surface area contributed by atoms with Gasteiger partial charge in [0.05, 0.1) is 6.10 Å². The summed E-state index contributed by atoms with van der Waals surface area (Å²) in [6.07, 6.45) is 8.50. The summed E-state index contributed by atoms with van der Waals surface area (Å²) >= 11 is 0. The summed E-state index contributed by atoms with van der Waals surface area (Å²) in [5.74, 6) is 0.414. The highest BCUT2D eigenvalue weighted by Gasteiger charge is 2.16. The molecule has 0 atom stereocenters. The second kappa shape index (κ2) is 8.99. The summed E-state index contributed by atoms with van der Waals surface area (Å²) in [4.78, 5) is 12.0. The van der Waals surface area contributed by atoms with Crippen molar-refractivity contribution in [1.82, 2.24) is 5.32 Å². The van der Waals surface area contributed by atoms with Crippen molar-refractivity contribution < 1.29 is 9.53 Å². The van der Waals surface area contributed by atoms with Gasteiger partial charge in [-0.1, -0.05) is 31.5 Å². The summed E-state index contributed by atoms with van der Waals surface area (Å²) < 4.78 is 6.11. The van der Waals surface area contributed by atoms with Crippen molar-refractivity contribution in [1.29, 1.82) is 5.26 Å². The Morgan fingerprint density at radius 1 is 1.35 bits per heavy atom. The van der Waals surface area contributed by atoms with Crippen molar-refractivity contribution in [3.63, 3.8) is 0 Å². The molecule has 1 aliphatic carbocycles. The summed E-state index contributed by atoms with van der Waals surface area (Å²) in [5.41, 5.74) is 0.888. The predicted molar refractivity (Wildman–Crippen MR) is 90.8 cm³/mol. The van der Waals surface area contributed by atoms with E-state index in [1.165, 1.54) is 19.3 Å². The molecular weight excluding hydrogens is 288 g/mol. The maximum Gasteiger partial charge on any atom is 0.261 e. The molecule has 122 valence electrons. The van der Waals surface area contributed by atoms with Crippen LogP contribution in [0.1, 0.15) is 51.0 Å². The fourth-order valence-corrected chi connectivity index (χ4v) is 2.71. The van der Waals surface area contributed by atoms with Gasteiger partial charge in [0, 0.05) is 12.1 Å². The van der Waals surface area contributed by atoms with Crippen molar-refractivity contribution in [2.45, 2.75) is 51.6 Å². The Hall–Kier alpha value is -2.28. The van der Waals surface area contributed by atoms with Crippen molar-refractivity contribution in [2.75, 3.05) is 6.54 Å². The van der Waals surface area contributed by atoms with Crippen LogP contribution in [0.4, 0.5) is 0 Å². The Bertz CT molecular complexity index is 596. The van der Waals surface area contributed by atoms with Gasteiger partial charge in [0.15, 0.2) is 0 Å². The second-order valence-electron chi connectivity index (χ2n) is 5.84. The quantitative estimate of drug-likeness (QED) is 0.641. The van der Waals surface area contributed by atoms with Crippen molar-refractivity contribution >= 4 is 12.0 Å². The molecule has 1 aromatic carbocycles. The standard InChI is InChI=1S/C19H24N2O2/c1-2-12-21-19(22)16(14-20)13-15-8-6-7-11-18(15)23-17-9-4-3-5-10-17/h6-8,11,13,17H,2-5,9-10,12H2,1H3,(H,21,22)/b16-13+. The Morgan fingerprint density at radius 2 is 2.09 bits per heavy atom. The molecule has 0 spiro atoms. The van der Waals surface area contributed by atoms with Crippen LogP contribution < -0.4 is 10.1 Å². The summed E-state index contributed by atoms with van der Waals surface area (Å²) in [6, 6.07) is 9.57. The van der Waals surface area contributed by atoms with Gasteiger partial charge in [-0.15, -0.1) is 0 Å². The third-order valence-corrected chi connectivity index (χ3v) is 3.97. The molecule has 23 heavy (non-hydrogen) atoms. The van der Waals surface area contributed by atoms with E-state index < -0.39 is 0 Å². The molecule has 0 aliphatic heterocycles. The van der Waals surface area contributed by atoms with Crippen LogP contribution in [0, 0.1) is 11.3 Å². The summed E-state index contributed by atoms with van der Waals surface area (Å²) in [5, 5.41) is 12.0. The van der Waals surface area contributed by atoms with Crippen LogP contribution in [0.25, 0.3) is 6.08 Å². The third kappa shape index (κ3) is 5.14. The topological polar surface area (TPSA) is 62.1 Å². The number of nitriles is 1. The highest BCUT2D eigenvalue weighted by atomic mass is 16.5. The number of hydrogen-bond acceptors (Lipinski definition) is 3. The lowest BCUT2D eigenvalue weighted by Gasteiger charge is -2.23. The number of rotatable bonds is 6. The molecule has 1 aromatic rings. The molecule has 1 N–H and O–H groups in total. The van der Waals surface area contributed by atoms with E-state index in [0.29, 0.717) is 6.54 Å². The molecule has 0 unspecified atom stereocenters. The van der Waals surface area contributed by atoms with Crippen molar-refractivity contribution in [2.24, 2.45) is 0 Å². The van der Waals surface area contributed by atoms with Gasteiger partial charge in [-0.2, -0.15) is 5.26 Å². The van der Waals surface area contributed by atoms with Gasteiger partial charge in [-0.25, -0.2) is 0 Å². The fraction of sp³-hybridized carbons (Fsp3) is 0.474. The summed E-state index contributed by atoms with van der Waals surface area (Å²) in [7, 11) is 0. The second-order valence-corrected chi connectivity index (χ2v) is 5.84. The van der Waals surface area contributed by atoms with E-state index in [-0.39, 0.29) is 17.6 Å². The average molecular weight is 312 g/mol. The molecule has 1 aliphatic rings. The van der Waals surface area contributed by atoms with E-state index in [4.69, 9.17) is 4.74 Å². The molecule has 1 fully saturated rings. The molecule has 0 radical (unpaired) electrons. The normalized spacial score (nSPS) is 15.7. The zero-order chi connectivity index (χ0) is 16.5. The first-order valence-electron chi connectivity index (χ1n) is 8.40. The SMILES string of the molecule is CCCNC(=O)/C(C#N)=C/c1ccccc1OC1CCCCC1. The van der Waals surface area contributed by atoms with Gasteiger partial charge < -0.3 is 10.1 Å². The number of para-hydroxylation sites is 1. The molecule has 0 aromatic heterocycles. The first-order chi connectivity index (χ1) is 11.2. The van der Waals surface area contributed by atoms with Crippen LogP contribution in [0.2, 0.25) is 0 Å². The molecule has 0 bridgehead atoms. The molecule has 1 amide bonds. The van der Waals surface area contributed by atoms with Gasteiger partial charge >= 0.3 is 0 Å². The van der Waals surface area contributed by atoms with E-state index in [1.54, 1.807) is 6.08 Å². The molecule has 2 rings (SSSR count). The van der Waals surface area contributed by atoms with Gasteiger partial charge in [-0.05, 0) is 44.2 Å². The van der Waals surface area contributed by atoms with Crippen LogP contribution >= 0.6 is 0 Å². The minimum Gasteiger partial charge on any atom is -0.490 e. The maximum absolute atomic E-state index is 12.0. The largest absolute Gasteiger partial charge is 0.490 e. The smallest absolute Gasteiger partial charge is 0.261 e. The van der Waals surface area contributed by atoms with Crippen LogP contribution in [0.3, 0.4) is 0 Å². The minimum absolute atomic E-state index is 0.109. The Labute approximate surface area is 138 Å². The van der Waals surface area contributed by atoms with Crippen molar-refractivity contribution in [3.8, 4) is 11.8 Å². The number of amides is 1. The van der Waals surface area contributed by atoms with E-state index in [1.807, 2.05) is 37.3 Å². The van der Waals surface area contributed by atoms with Gasteiger partial charge in [0.2, 0.25) is 0 Å². The number of nitrogens with zero attached hydrogens (tertiary/aromatic N) is 1. The molecule has 1 saturated carbocycles. The predicted octanol–water partition coefficient (Wildman–Crippen LogP) is 3.83. The zero-order valence-corrected chi connectivity index (χ0v) is 13.7. The summed E-state index contributed by atoms with van der Waals surface area (Å²) in [6.45, 7) is 2.54. The van der Waals surface area contributed by atoms with Gasteiger partial charge in [-0.3, -0.25) is 4.79 Å². The molecule has 4 heteroatoms. The number of carbonyl (C=O) groups is 1. The Morgan fingerprint density at radius 3 is 2.78 bits per heavy atom. The third-order valence-electron chi connectivity index (χ3n) is 3.97. The van der Waals surface area contributed by atoms with Gasteiger partial charge in [0.1, 0.15) is 17.4 Å². The van der Waals surface area contributed by atoms with Crippen LogP contribution in [-0.4, -0.2) is 18.6 Å². The highest BCUT2D eigenvalue weighted by molar-refractivity contribution is 6.01. The Kier molecular flexibility index (Phi) is 6.68. The highest BCUT2D eigenvalue weighted by Crippen LogP contribution is 2.27. The van der Waals surface area contributed by atoms with E-state index in [9.17, 15) is 10.1 Å². The molecule has 0 heterocycles. The average Bonchev–Trinajstić information content (AvgIpc) is 2.59. The Balaban J connectivity index is 2.16. The minimum atomic E-state index is -0.332. The molecule has 0 saturated heterocycles. The first-order valence-corrected chi connectivity index (χ1v) is 8.40. The van der Waals surface area contributed by atoms with E-state index >= 15 is 0 Å². The molecule has 4 nitrogen and oxygen atoms in total. The van der Waals surface area contributed by atoms with Crippen molar-refractivity contribution in [3.05, 3.63) is 35.4 Å². The van der Waals surface area contributed by atoms with Crippen LogP contribution in [0.15, 0.2) is 29.8 Å². The van der Waals surface area contributed by atoms with Gasteiger partial charge in [0.25, 0.3) is 5.91 Å². The monoisotopic (exact) mass is 312 g/mol.